The summed E-state index contributed by atoms with van der Waals surface area (Å²) in [5.74, 6) is 2.94. The maximum atomic E-state index is 10.9. The van der Waals surface area contributed by atoms with Crippen molar-refractivity contribution in [3.8, 4) is 23.0 Å². The summed E-state index contributed by atoms with van der Waals surface area (Å²) >= 11 is 0. The van der Waals surface area contributed by atoms with Gasteiger partial charge in [0.1, 0.15) is 60.5 Å². The van der Waals surface area contributed by atoms with Crippen molar-refractivity contribution >= 4 is 12.6 Å². The molecule has 0 N–H and O–H groups in total. The summed E-state index contributed by atoms with van der Waals surface area (Å²) < 4.78 is 24.2. The molecular formula is C39H36O6. The number of hydrogen-bond acceptors (Lipinski definition) is 6. The second-order valence-corrected chi connectivity index (χ2v) is 11.2. The number of hydrogen-bond donors (Lipinski definition) is 0. The van der Waals surface area contributed by atoms with Gasteiger partial charge in [-0.2, -0.15) is 0 Å². The van der Waals surface area contributed by atoms with Crippen molar-refractivity contribution in [2.45, 2.75) is 45.7 Å². The highest BCUT2D eigenvalue weighted by atomic mass is 16.5. The molecule has 0 aliphatic carbocycles. The number of carbonyl (C=O) groups is 2. The second-order valence-electron chi connectivity index (χ2n) is 11.2. The van der Waals surface area contributed by atoms with Crippen molar-refractivity contribution in [3.63, 3.8) is 0 Å². The van der Waals surface area contributed by atoms with Crippen molar-refractivity contribution in [3.05, 3.63) is 155 Å². The van der Waals surface area contributed by atoms with Gasteiger partial charge in [-0.3, -0.25) is 9.59 Å². The second kappa shape index (κ2) is 14.4. The summed E-state index contributed by atoms with van der Waals surface area (Å²) in [5.41, 5.74) is 4.88. The summed E-state index contributed by atoms with van der Waals surface area (Å²) in [6.07, 6.45) is 1.50. The normalized spacial score (nSPS) is 11.7. The lowest BCUT2D eigenvalue weighted by molar-refractivity contribution is 0.108. The summed E-state index contributed by atoms with van der Waals surface area (Å²) in [6, 6.07) is 38.1. The number of benzene rings is 5. The van der Waals surface area contributed by atoms with Crippen LogP contribution >= 0.6 is 0 Å². The zero-order valence-electron chi connectivity index (χ0n) is 25.6. The molecule has 0 bridgehead atoms. The van der Waals surface area contributed by atoms with Crippen LogP contribution in [0.4, 0.5) is 0 Å². The molecule has 0 amide bonds. The maximum absolute atomic E-state index is 10.9. The van der Waals surface area contributed by atoms with E-state index in [0.29, 0.717) is 30.1 Å². The van der Waals surface area contributed by atoms with Gasteiger partial charge in [0.2, 0.25) is 0 Å². The van der Waals surface area contributed by atoms with E-state index in [2.05, 4.69) is 0 Å². The third kappa shape index (κ3) is 8.61. The fourth-order valence-corrected chi connectivity index (χ4v) is 4.72. The smallest absolute Gasteiger partial charge is 0.150 e. The van der Waals surface area contributed by atoms with E-state index in [9.17, 15) is 9.59 Å². The molecule has 6 nitrogen and oxygen atoms in total. The van der Waals surface area contributed by atoms with E-state index in [1.54, 1.807) is 48.5 Å². The zero-order valence-corrected chi connectivity index (χ0v) is 25.6. The van der Waals surface area contributed by atoms with Crippen LogP contribution in [0, 0.1) is 0 Å². The minimum atomic E-state index is -0.544. The average molecular weight is 601 g/mol. The number of rotatable bonds is 14. The largest absolute Gasteiger partial charge is 0.489 e. The molecule has 0 saturated carbocycles. The van der Waals surface area contributed by atoms with E-state index in [4.69, 9.17) is 18.9 Å². The van der Waals surface area contributed by atoms with Gasteiger partial charge in [0.15, 0.2) is 0 Å². The summed E-state index contributed by atoms with van der Waals surface area (Å²) in [5, 5.41) is 0. The first kappa shape index (κ1) is 31.1. The summed E-state index contributed by atoms with van der Waals surface area (Å²) in [6.45, 7) is 6.92. The van der Waals surface area contributed by atoms with Gasteiger partial charge in [0.05, 0.1) is 0 Å². The van der Waals surface area contributed by atoms with Crippen LogP contribution < -0.4 is 18.9 Å². The number of aldehydes is 2. The highest BCUT2D eigenvalue weighted by Gasteiger charge is 2.22. The molecule has 0 aliphatic rings. The third-order valence-corrected chi connectivity index (χ3v) is 7.45. The molecule has 1 unspecified atom stereocenters. The van der Waals surface area contributed by atoms with Gasteiger partial charge in [-0.1, -0.05) is 48.5 Å². The lowest BCUT2D eigenvalue weighted by atomic mass is 9.97. The minimum absolute atomic E-state index is 0.134. The Morgan fingerprint density at radius 3 is 1.47 bits per heavy atom. The topological polar surface area (TPSA) is 71.1 Å². The van der Waals surface area contributed by atoms with Gasteiger partial charge >= 0.3 is 0 Å². The van der Waals surface area contributed by atoms with Gasteiger partial charge in [-0.05, 0) is 116 Å². The molecule has 5 aromatic carbocycles. The Morgan fingerprint density at radius 2 is 0.978 bits per heavy atom. The molecule has 1 atom stereocenters. The standard InChI is InChI=1S/C39H36O6/c1-28(33-12-4-31(5-13-33)26-42-35-16-8-29(24-40)9-17-35)44-37-22-20-36(21-23-37)43-27-32-6-14-34(15-7-32)39(2,3)45-38-18-10-30(25-41)11-19-38/h4-25,28H,26-27H2,1-3H3. The molecule has 45 heavy (non-hydrogen) atoms. The number of ether oxygens (including phenoxy) is 4. The van der Waals surface area contributed by atoms with Crippen molar-refractivity contribution < 1.29 is 28.5 Å². The van der Waals surface area contributed by atoms with E-state index in [0.717, 1.165) is 52.1 Å². The molecule has 0 aliphatic heterocycles. The quantitative estimate of drug-likeness (QED) is 0.119. The van der Waals surface area contributed by atoms with Gasteiger partial charge in [-0.25, -0.2) is 0 Å². The molecular weight excluding hydrogens is 564 g/mol. The molecule has 0 radical (unpaired) electrons. The lowest BCUT2D eigenvalue weighted by Crippen LogP contribution is -2.25. The highest BCUT2D eigenvalue weighted by Crippen LogP contribution is 2.29. The fraction of sp³-hybridized carbons (Fsp3) is 0.179. The van der Waals surface area contributed by atoms with Crippen LogP contribution in [-0.4, -0.2) is 12.6 Å². The Kier molecular flexibility index (Phi) is 9.95. The fourth-order valence-electron chi connectivity index (χ4n) is 4.72. The Hall–Kier alpha value is -5.36. The molecule has 0 aromatic heterocycles. The molecule has 0 heterocycles. The molecule has 0 fully saturated rings. The molecule has 6 heteroatoms. The molecule has 5 aromatic rings. The SMILES string of the molecule is CC(Oc1ccc(OCc2ccc(C(C)(C)Oc3ccc(C=O)cc3)cc2)cc1)c1ccc(COc2ccc(C=O)cc2)cc1. The Bertz CT molecular complexity index is 1670. The molecule has 5 rings (SSSR count). The van der Waals surface area contributed by atoms with E-state index in [-0.39, 0.29) is 6.10 Å². The van der Waals surface area contributed by atoms with Crippen LogP contribution in [0.1, 0.15) is 69.8 Å². The van der Waals surface area contributed by atoms with Crippen LogP contribution in [-0.2, 0) is 18.8 Å². The van der Waals surface area contributed by atoms with E-state index < -0.39 is 5.60 Å². The van der Waals surface area contributed by atoms with Crippen molar-refractivity contribution in [1.82, 2.24) is 0 Å². The Balaban J connectivity index is 1.08. The van der Waals surface area contributed by atoms with Crippen LogP contribution in [0.15, 0.2) is 121 Å². The van der Waals surface area contributed by atoms with Gasteiger partial charge in [-0.15, -0.1) is 0 Å². The minimum Gasteiger partial charge on any atom is -0.489 e. The van der Waals surface area contributed by atoms with Crippen molar-refractivity contribution in [2.75, 3.05) is 0 Å². The van der Waals surface area contributed by atoms with E-state index in [1.165, 1.54) is 0 Å². The zero-order chi connectivity index (χ0) is 31.6. The predicted octanol–water partition coefficient (Wildman–Crippen LogP) is 8.92. The van der Waals surface area contributed by atoms with Crippen molar-refractivity contribution in [2.24, 2.45) is 0 Å². The van der Waals surface area contributed by atoms with Gasteiger partial charge < -0.3 is 18.9 Å². The first-order chi connectivity index (χ1) is 21.8. The Labute approximate surface area is 264 Å². The van der Waals surface area contributed by atoms with E-state index in [1.807, 2.05) is 93.6 Å². The Morgan fingerprint density at radius 1 is 0.556 bits per heavy atom. The monoisotopic (exact) mass is 600 g/mol. The predicted molar refractivity (Wildman–Crippen MR) is 174 cm³/mol. The van der Waals surface area contributed by atoms with Crippen LogP contribution in [0.5, 0.6) is 23.0 Å². The average Bonchev–Trinajstić information content (AvgIpc) is 3.08. The van der Waals surface area contributed by atoms with Crippen LogP contribution in [0.25, 0.3) is 0 Å². The molecule has 0 spiro atoms. The van der Waals surface area contributed by atoms with Gasteiger partial charge in [0, 0.05) is 11.1 Å². The van der Waals surface area contributed by atoms with Crippen molar-refractivity contribution in [1.29, 1.82) is 0 Å². The van der Waals surface area contributed by atoms with Gasteiger partial charge in [0.25, 0.3) is 0 Å². The van der Waals surface area contributed by atoms with E-state index >= 15 is 0 Å². The molecule has 228 valence electrons. The lowest BCUT2D eigenvalue weighted by Gasteiger charge is -2.27. The highest BCUT2D eigenvalue weighted by molar-refractivity contribution is 5.75. The summed E-state index contributed by atoms with van der Waals surface area (Å²) in [7, 11) is 0. The first-order valence-corrected chi connectivity index (χ1v) is 14.8. The third-order valence-electron chi connectivity index (χ3n) is 7.45. The van der Waals surface area contributed by atoms with Crippen LogP contribution in [0.2, 0.25) is 0 Å². The first-order valence-electron chi connectivity index (χ1n) is 14.8. The molecule has 0 saturated heterocycles. The number of carbonyl (C=O) groups excluding carboxylic acids is 2. The van der Waals surface area contributed by atoms with Crippen LogP contribution in [0.3, 0.4) is 0 Å². The maximum Gasteiger partial charge on any atom is 0.150 e. The summed E-state index contributed by atoms with van der Waals surface area (Å²) in [4.78, 5) is 21.7.